The molecular formula is C21H12O3. The molecule has 0 unspecified atom stereocenters. The Bertz CT molecular complexity index is 1260. The van der Waals surface area contributed by atoms with Crippen molar-refractivity contribution < 1.29 is 8.83 Å². The number of para-hydroxylation sites is 1. The van der Waals surface area contributed by atoms with Gasteiger partial charge in [0.05, 0.1) is 5.39 Å². The van der Waals surface area contributed by atoms with Crippen molar-refractivity contribution in [3.05, 3.63) is 83.0 Å². The first-order valence-electron chi connectivity index (χ1n) is 7.74. The Kier molecular flexibility index (Phi) is 2.65. The minimum atomic E-state index is -0.0534. The van der Waals surface area contributed by atoms with Gasteiger partial charge in [-0.05, 0) is 12.1 Å². The summed E-state index contributed by atoms with van der Waals surface area (Å²) in [5.41, 5.74) is 2.88. The van der Waals surface area contributed by atoms with Crippen LogP contribution in [0.5, 0.6) is 0 Å². The highest BCUT2D eigenvalue weighted by Gasteiger charge is 2.12. The fourth-order valence-electron chi connectivity index (χ4n) is 3.12. The molecule has 0 saturated heterocycles. The molecule has 5 aromatic rings. The fraction of sp³-hybridized carbons (Fsp3) is 0. The molecule has 0 aliphatic rings. The Labute approximate surface area is 136 Å². The van der Waals surface area contributed by atoms with Crippen molar-refractivity contribution in [2.45, 2.75) is 0 Å². The van der Waals surface area contributed by atoms with E-state index in [4.69, 9.17) is 8.83 Å². The van der Waals surface area contributed by atoms with Crippen LogP contribution in [0, 0.1) is 0 Å². The number of hydrogen-bond acceptors (Lipinski definition) is 3. The molecule has 0 bridgehead atoms. The van der Waals surface area contributed by atoms with Crippen LogP contribution in [0.1, 0.15) is 0 Å². The van der Waals surface area contributed by atoms with Gasteiger partial charge in [0.25, 0.3) is 0 Å². The van der Waals surface area contributed by atoms with Gasteiger partial charge in [-0.2, -0.15) is 0 Å². The summed E-state index contributed by atoms with van der Waals surface area (Å²) in [5, 5.41) is 2.49. The molecule has 0 spiro atoms. The highest BCUT2D eigenvalue weighted by Crippen LogP contribution is 2.32. The van der Waals surface area contributed by atoms with Crippen LogP contribution in [0.2, 0.25) is 0 Å². The quantitative estimate of drug-likeness (QED) is 0.418. The van der Waals surface area contributed by atoms with E-state index in [0.29, 0.717) is 16.7 Å². The number of benzene rings is 3. The lowest BCUT2D eigenvalue weighted by Gasteiger charge is -2.03. The molecule has 0 aliphatic heterocycles. The Hall–Kier alpha value is -3.33. The van der Waals surface area contributed by atoms with Gasteiger partial charge in [-0.1, -0.05) is 48.5 Å². The van der Waals surface area contributed by atoms with E-state index in [1.165, 1.54) is 0 Å². The standard InChI is InChI=1S/C21H12O3/c22-17-11-19(13-6-2-1-3-7-13)24-21-12-20-15(10-16(17)21)14-8-4-5-9-18(14)23-20/h1-12H. The summed E-state index contributed by atoms with van der Waals surface area (Å²) in [4.78, 5) is 12.6. The second kappa shape index (κ2) is 4.83. The Morgan fingerprint density at radius 2 is 1.33 bits per heavy atom. The third-order valence-corrected chi connectivity index (χ3v) is 4.28. The molecule has 3 heteroatoms. The smallest absolute Gasteiger partial charge is 0.193 e. The summed E-state index contributed by atoms with van der Waals surface area (Å²) in [5.74, 6) is 0.559. The second-order valence-electron chi connectivity index (χ2n) is 5.78. The predicted molar refractivity (Wildman–Crippen MR) is 95.2 cm³/mol. The molecule has 2 aromatic heterocycles. The predicted octanol–water partition coefficient (Wildman–Crippen LogP) is 5.36. The lowest BCUT2D eigenvalue weighted by molar-refractivity contribution is 0.616. The molecule has 114 valence electrons. The Morgan fingerprint density at radius 1 is 0.583 bits per heavy atom. The number of rotatable bonds is 1. The van der Waals surface area contributed by atoms with Crippen LogP contribution in [0.15, 0.2) is 86.4 Å². The van der Waals surface area contributed by atoms with Crippen molar-refractivity contribution in [2.75, 3.05) is 0 Å². The summed E-state index contributed by atoms with van der Waals surface area (Å²) in [6.45, 7) is 0. The minimum Gasteiger partial charge on any atom is -0.456 e. The first-order chi connectivity index (χ1) is 11.8. The average molecular weight is 312 g/mol. The van der Waals surface area contributed by atoms with E-state index in [2.05, 4.69) is 0 Å². The van der Waals surface area contributed by atoms with E-state index in [0.717, 1.165) is 27.5 Å². The highest BCUT2D eigenvalue weighted by molar-refractivity contribution is 6.09. The van der Waals surface area contributed by atoms with Crippen LogP contribution in [-0.4, -0.2) is 0 Å². The maximum atomic E-state index is 12.6. The highest BCUT2D eigenvalue weighted by atomic mass is 16.3. The maximum Gasteiger partial charge on any atom is 0.193 e. The molecule has 24 heavy (non-hydrogen) atoms. The van der Waals surface area contributed by atoms with E-state index >= 15 is 0 Å². The molecule has 0 fully saturated rings. The Morgan fingerprint density at radius 3 is 2.21 bits per heavy atom. The van der Waals surface area contributed by atoms with Crippen LogP contribution in [0.25, 0.3) is 44.2 Å². The molecule has 5 rings (SSSR count). The van der Waals surface area contributed by atoms with Crippen LogP contribution in [0.4, 0.5) is 0 Å². The van der Waals surface area contributed by atoms with Crippen molar-refractivity contribution in [1.82, 2.24) is 0 Å². The fourth-order valence-corrected chi connectivity index (χ4v) is 3.12. The lowest BCUT2D eigenvalue weighted by atomic mass is 10.1. The van der Waals surface area contributed by atoms with E-state index in [1.54, 1.807) is 12.1 Å². The molecule has 2 heterocycles. The monoisotopic (exact) mass is 312 g/mol. The van der Waals surface area contributed by atoms with Crippen molar-refractivity contribution in [3.8, 4) is 11.3 Å². The first kappa shape index (κ1) is 13.1. The zero-order chi connectivity index (χ0) is 16.1. The molecule has 3 nitrogen and oxygen atoms in total. The second-order valence-corrected chi connectivity index (χ2v) is 5.78. The number of hydrogen-bond donors (Lipinski definition) is 0. The Balaban J connectivity index is 1.86. The molecule has 3 aromatic carbocycles. The maximum absolute atomic E-state index is 12.6. The van der Waals surface area contributed by atoms with Gasteiger partial charge in [-0.25, -0.2) is 0 Å². The zero-order valence-corrected chi connectivity index (χ0v) is 12.7. The molecule has 0 aliphatic carbocycles. The zero-order valence-electron chi connectivity index (χ0n) is 12.7. The molecule has 0 radical (unpaired) electrons. The first-order valence-corrected chi connectivity index (χ1v) is 7.74. The van der Waals surface area contributed by atoms with Crippen LogP contribution in [-0.2, 0) is 0 Å². The van der Waals surface area contributed by atoms with E-state index < -0.39 is 0 Å². The average Bonchev–Trinajstić information content (AvgIpc) is 2.98. The van der Waals surface area contributed by atoms with Gasteiger partial charge in [0.1, 0.15) is 22.5 Å². The molecule has 0 amide bonds. The van der Waals surface area contributed by atoms with Crippen molar-refractivity contribution in [1.29, 1.82) is 0 Å². The van der Waals surface area contributed by atoms with Gasteiger partial charge >= 0.3 is 0 Å². The van der Waals surface area contributed by atoms with E-state index in [1.807, 2.05) is 60.7 Å². The van der Waals surface area contributed by atoms with Gasteiger partial charge in [0.15, 0.2) is 5.43 Å². The summed E-state index contributed by atoms with van der Waals surface area (Å²) >= 11 is 0. The summed E-state index contributed by atoms with van der Waals surface area (Å²) in [6.07, 6.45) is 0. The van der Waals surface area contributed by atoms with Crippen LogP contribution in [0.3, 0.4) is 0 Å². The summed E-state index contributed by atoms with van der Waals surface area (Å²) < 4.78 is 11.9. The topological polar surface area (TPSA) is 43.4 Å². The minimum absolute atomic E-state index is 0.0534. The summed E-state index contributed by atoms with van der Waals surface area (Å²) in [7, 11) is 0. The van der Waals surface area contributed by atoms with E-state index in [9.17, 15) is 4.79 Å². The lowest BCUT2D eigenvalue weighted by Crippen LogP contribution is -2.00. The third kappa shape index (κ3) is 1.88. The normalized spacial score (nSPS) is 11.5. The van der Waals surface area contributed by atoms with Gasteiger partial charge in [0, 0.05) is 28.5 Å². The van der Waals surface area contributed by atoms with Crippen molar-refractivity contribution in [2.24, 2.45) is 0 Å². The van der Waals surface area contributed by atoms with Crippen LogP contribution < -0.4 is 5.43 Å². The van der Waals surface area contributed by atoms with Gasteiger partial charge in [-0.15, -0.1) is 0 Å². The van der Waals surface area contributed by atoms with Gasteiger partial charge < -0.3 is 8.83 Å². The number of fused-ring (bicyclic) bond motifs is 4. The molecular weight excluding hydrogens is 300 g/mol. The molecule has 0 atom stereocenters. The van der Waals surface area contributed by atoms with Gasteiger partial charge in [-0.3, -0.25) is 4.79 Å². The number of furan rings is 1. The largest absolute Gasteiger partial charge is 0.456 e. The van der Waals surface area contributed by atoms with Crippen molar-refractivity contribution in [3.63, 3.8) is 0 Å². The SMILES string of the molecule is O=c1cc(-c2ccccc2)oc2cc3oc4ccccc4c3cc12. The van der Waals surface area contributed by atoms with Crippen molar-refractivity contribution >= 4 is 32.9 Å². The molecule has 0 saturated carbocycles. The van der Waals surface area contributed by atoms with Crippen LogP contribution >= 0.6 is 0 Å². The van der Waals surface area contributed by atoms with E-state index in [-0.39, 0.29) is 5.43 Å². The third-order valence-electron chi connectivity index (χ3n) is 4.28. The van der Waals surface area contributed by atoms with Gasteiger partial charge in [0.2, 0.25) is 0 Å². The molecule has 0 N–H and O–H groups in total. The summed E-state index contributed by atoms with van der Waals surface area (Å²) in [6, 6.07) is 22.6.